The number of nitrogens with one attached hydrogen (secondary N) is 2. The molecule has 0 heterocycles. The maximum absolute atomic E-state index is 14.2. The summed E-state index contributed by atoms with van der Waals surface area (Å²) in [5.41, 5.74) is 2.59. The van der Waals surface area contributed by atoms with Gasteiger partial charge in [-0.25, -0.2) is 4.79 Å². The van der Waals surface area contributed by atoms with Crippen molar-refractivity contribution in [1.82, 2.24) is 10.2 Å². The normalized spacial score (nSPS) is 12.4. The molecule has 0 aliphatic carbocycles. The van der Waals surface area contributed by atoms with E-state index in [-0.39, 0.29) is 12.2 Å². The van der Waals surface area contributed by atoms with Gasteiger partial charge in [0.15, 0.2) is 0 Å². The van der Waals surface area contributed by atoms with E-state index in [0.29, 0.717) is 11.3 Å². The second-order valence-corrected chi connectivity index (χ2v) is 10.8. The first kappa shape index (κ1) is 30.7. The molecule has 2 unspecified atom stereocenters. The number of aromatic hydroxyl groups is 1. The van der Waals surface area contributed by atoms with Crippen molar-refractivity contribution in [2.75, 3.05) is 11.9 Å². The topological polar surface area (TPSA) is 132 Å². The number of nitriles is 1. The monoisotopic (exact) mass is 556 g/mol. The first-order valence-electron chi connectivity index (χ1n) is 13.3. The number of ether oxygens (including phenoxy) is 1. The molecule has 0 saturated heterocycles. The first-order valence-corrected chi connectivity index (χ1v) is 13.3. The van der Waals surface area contributed by atoms with E-state index in [1.165, 1.54) is 24.3 Å². The number of anilines is 1. The van der Waals surface area contributed by atoms with Crippen molar-refractivity contribution in [3.8, 4) is 11.8 Å². The fourth-order valence-corrected chi connectivity index (χ4v) is 4.41. The Morgan fingerprint density at radius 3 is 2.12 bits per heavy atom. The number of aryl methyl sites for hydroxylation is 2. The number of benzene rings is 3. The third-order valence-electron chi connectivity index (χ3n) is 6.29. The Bertz CT molecular complexity index is 1390. The quantitative estimate of drug-likeness (QED) is 0.311. The van der Waals surface area contributed by atoms with Crippen LogP contribution in [0.25, 0.3) is 0 Å². The molecule has 0 fully saturated rings. The molecular weight excluding hydrogens is 520 g/mol. The van der Waals surface area contributed by atoms with E-state index < -0.39 is 42.1 Å². The zero-order valence-electron chi connectivity index (χ0n) is 24.0. The lowest BCUT2D eigenvalue weighted by molar-refractivity contribution is -0.140. The van der Waals surface area contributed by atoms with E-state index in [4.69, 9.17) is 4.74 Å². The van der Waals surface area contributed by atoms with Crippen LogP contribution in [0.2, 0.25) is 0 Å². The lowest BCUT2D eigenvalue weighted by Gasteiger charge is -2.33. The van der Waals surface area contributed by atoms with Crippen molar-refractivity contribution >= 4 is 23.6 Å². The highest BCUT2D eigenvalue weighted by Gasteiger charge is 2.36. The van der Waals surface area contributed by atoms with Gasteiger partial charge in [0.25, 0.3) is 5.91 Å². The van der Waals surface area contributed by atoms with Crippen LogP contribution in [0.4, 0.5) is 10.5 Å². The van der Waals surface area contributed by atoms with Gasteiger partial charge >= 0.3 is 6.09 Å². The number of carbonyl (C=O) groups excluding carboxylic acids is 3. The van der Waals surface area contributed by atoms with Gasteiger partial charge in [0.1, 0.15) is 30.0 Å². The van der Waals surface area contributed by atoms with Crippen LogP contribution in [0.1, 0.15) is 49.1 Å². The molecule has 2 atom stereocenters. The van der Waals surface area contributed by atoms with E-state index in [2.05, 4.69) is 10.6 Å². The van der Waals surface area contributed by atoms with E-state index in [9.17, 15) is 24.8 Å². The smallest absolute Gasteiger partial charge is 0.408 e. The zero-order chi connectivity index (χ0) is 30.2. The number of rotatable bonds is 9. The molecule has 41 heavy (non-hydrogen) atoms. The Balaban J connectivity index is 2.06. The molecule has 0 bridgehead atoms. The van der Waals surface area contributed by atoms with Crippen molar-refractivity contribution in [2.45, 2.75) is 58.7 Å². The molecule has 0 spiro atoms. The Hall–Kier alpha value is -4.84. The van der Waals surface area contributed by atoms with Gasteiger partial charge in [0, 0.05) is 12.1 Å². The third kappa shape index (κ3) is 8.57. The predicted octanol–water partition coefficient (Wildman–Crippen LogP) is 5.18. The summed E-state index contributed by atoms with van der Waals surface area (Å²) < 4.78 is 5.41. The van der Waals surface area contributed by atoms with Gasteiger partial charge < -0.3 is 25.4 Å². The summed E-state index contributed by atoms with van der Waals surface area (Å²) in [7, 11) is 0. The minimum Gasteiger partial charge on any atom is -0.508 e. The largest absolute Gasteiger partial charge is 0.508 e. The molecule has 214 valence electrons. The summed E-state index contributed by atoms with van der Waals surface area (Å²) in [6.45, 7) is 8.41. The standard InChI is InChI=1S/C32H36N4O5/c1-21-10-9-11-22(2)27(21)35-29(38)28(24-14-16-25(37)17-15-24)36(19-18-33)30(39)26(20-23-12-7-6-8-13-23)34-31(40)41-32(3,4)5/h6-17,26,28,37H,19-20H2,1-5H3,(H,34,40)(H,35,38). The molecule has 3 amide bonds. The highest BCUT2D eigenvalue weighted by atomic mass is 16.6. The summed E-state index contributed by atoms with van der Waals surface area (Å²) in [6.07, 6.45) is -0.702. The SMILES string of the molecule is Cc1cccc(C)c1NC(=O)C(c1ccc(O)cc1)N(CC#N)C(=O)C(Cc1ccccc1)NC(=O)OC(C)(C)C. The van der Waals surface area contributed by atoms with Crippen molar-refractivity contribution in [1.29, 1.82) is 5.26 Å². The van der Waals surface area contributed by atoms with Gasteiger partial charge in [-0.1, -0.05) is 60.7 Å². The molecule has 9 nitrogen and oxygen atoms in total. The van der Waals surface area contributed by atoms with Crippen molar-refractivity contribution in [2.24, 2.45) is 0 Å². The molecule has 0 saturated carbocycles. The average molecular weight is 557 g/mol. The summed E-state index contributed by atoms with van der Waals surface area (Å²) in [4.78, 5) is 42.0. The molecule has 3 aromatic carbocycles. The summed E-state index contributed by atoms with van der Waals surface area (Å²) in [5.74, 6) is -1.21. The maximum atomic E-state index is 14.2. The summed E-state index contributed by atoms with van der Waals surface area (Å²) in [6, 6.07) is 20.1. The fourth-order valence-electron chi connectivity index (χ4n) is 4.41. The number of para-hydroxylation sites is 1. The second-order valence-electron chi connectivity index (χ2n) is 10.8. The van der Waals surface area contributed by atoms with Crippen LogP contribution in [-0.4, -0.2) is 46.1 Å². The first-order chi connectivity index (χ1) is 19.4. The van der Waals surface area contributed by atoms with Gasteiger partial charge in [0.05, 0.1) is 6.07 Å². The molecule has 3 aromatic rings. The van der Waals surface area contributed by atoms with Gasteiger partial charge in [-0.05, 0) is 69.0 Å². The van der Waals surface area contributed by atoms with Crippen LogP contribution in [-0.2, 0) is 20.7 Å². The number of hydrogen-bond acceptors (Lipinski definition) is 6. The van der Waals surface area contributed by atoms with Crippen LogP contribution >= 0.6 is 0 Å². The molecule has 0 aliphatic rings. The molecule has 3 rings (SSSR count). The predicted molar refractivity (Wildman–Crippen MR) is 156 cm³/mol. The van der Waals surface area contributed by atoms with Crippen molar-refractivity contribution < 1.29 is 24.2 Å². The number of nitrogens with zero attached hydrogens (tertiary/aromatic N) is 2. The molecule has 0 radical (unpaired) electrons. The minimum atomic E-state index is -1.25. The highest BCUT2D eigenvalue weighted by molar-refractivity contribution is 6.00. The number of phenols is 1. The van der Waals surface area contributed by atoms with E-state index >= 15 is 0 Å². The zero-order valence-corrected chi connectivity index (χ0v) is 24.0. The van der Waals surface area contributed by atoms with Gasteiger partial charge in [-0.2, -0.15) is 5.26 Å². The van der Waals surface area contributed by atoms with Crippen LogP contribution in [0.3, 0.4) is 0 Å². The number of carbonyl (C=O) groups is 3. The summed E-state index contributed by atoms with van der Waals surface area (Å²) >= 11 is 0. The Morgan fingerprint density at radius 2 is 1.56 bits per heavy atom. The number of hydrogen-bond donors (Lipinski definition) is 3. The Kier molecular flexibility index (Phi) is 10.1. The van der Waals surface area contributed by atoms with Crippen LogP contribution in [0.5, 0.6) is 5.75 Å². The van der Waals surface area contributed by atoms with Crippen LogP contribution in [0, 0.1) is 25.2 Å². The van der Waals surface area contributed by atoms with E-state index in [1.807, 2.05) is 68.4 Å². The minimum absolute atomic E-state index is 0.0191. The molecule has 3 N–H and O–H groups in total. The lowest BCUT2D eigenvalue weighted by Crippen LogP contribution is -2.53. The lowest BCUT2D eigenvalue weighted by atomic mass is 9.99. The Morgan fingerprint density at radius 1 is 0.951 bits per heavy atom. The van der Waals surface area contributed by atoms with Crippen LogP contribution < -0.4 is 10.6 Å². The fraction of sp³-hybridized carbons (Fsp3) is 0.312. The molecule has 0 aliphatic heterocycles. The van der Waals surface area contributed by atoms with Crippen molar-refractivity contribution in [3.05, 3.63) is 95.1 Å². The highest BCUT2D eigenvalue weighted by Crippen LogP contribution is 2.28. The van der Waals surface area contributed by atoms with Gasteiger partial charge in [-0.3, -0.25) is 9.59 Å². The van der Waals surface area contributed by atoms with Gasteiger partial charge in [0.2, 0.25) is 5.91 Å². The van der Waals surface area contributed by atoms with E-state index in [0.717, 1.165) is 21.6 Å². The molecule has 0 aromatic heterocycles. The second kappa shape index (κ2) is 13.5. The Labute approximate surface area is 240 Å². The number of amides is 3. The molecular formula is C32H36N4O5. The van der Waals surface area contributed by atoms with Crippen LogP contribution in [0.15, 0.2) is 72.8 Å². The van der Waals surface area contributed by atoms with Gasteiger partial charge in [-0.15, -0.1) is 0 Å². The van der Waals surface area contributed by atoms with E-state index in [1.54, 1.807) is 20.8 Å². The maximum Gasteiger partial charge on any atom is 0.408 e. The summed E-state index contributed by atoms with van der Waals surface area (Å²) in [5, 5.41) is 25.2. The molecule has 9 heteroatoms. The number of alkyl carbamates (subject to hydrolysis) is 1. The average Bonchev–Trinajstić information content (AvgIpc) is 2.90. The number of phenolic OH excluding ortho intramolecular Hbond substituents is 1. The third-order valence-corrected chi connectivity index (χ3v) is 6.29. The van der Waals surface area contributed by atoms with Crippen molar-refractivity contribution in [3.63, 3.8) is 0 Å².